The maximum atomic E-state index is 11.2. The van der Waals surface area contributed by atoms with Crippen molar-refractivity contribution in [3.63, 3.8) is 0 Å². The fraction of sp³-hybridized carbons (Fsp3) is 0.500. The lowest BCUT2D eigenvalue weighted by atomic mass is 10.2. The average Bonchev–Trinajstić information content (AvgIpc) is 1.94. The minimum absolute atomic E-state index is 0.123. The second kappa shape index (κ2) is 3.08. The quantitative estimate of drug-likeness (QED) is 0.352. The van der Waals surface area contributed by atoms with Crippen LogP contribution in [0.15, 0.2) is 11.8 Å². The minimum atomic E-state index is -1.17. The lowest BCUT2D eigenvalue weighted by Crippen LogP contribution is -2.42. The topological polar surface area (TPSA) is 64.6 Å². The molecule has 0 saturated carbocycles. The van der Waals surface area contributed by atoms with Crippen LogP contribution >= 0.6 is 0 Å². The second-order valence-corrected chi connectivity index (χ2v) is 3.03. The van der Waals surface area contributed by atoms with Crippen molar-refractivity contribution in [3.8, 4) is 0 Å². The summed E-state index contributed by atoms with van der Waals surface area (Å²) in [5, 5.41) is 2.56. The second-order valence-electron chi connectivity index (χ2n) is 3.03. The van der Waals surface area contributed by atoms with Crippen molar-refractivity contribution >= 4 is 11.9 Å². The molecule has 1 fully saturated rings. The van der Waals surface area contributed by atoms with E-state index in [1.54, 1.807) is 7.05 Å². The lowest BCUT2D eigenvalue weighted by Gasteiger charge is -2.29. The van der Waals surface area contributed by atoms with Gasteiger partial charge in [-0.3, -0.25) is 0 Å². The van der Waals surface area contributed by atoms with E-state index in [-0.39, 0.29) is 5.57 Å². The molecule has 1 saturated heterocycles. The van der Waals surface area contributed by atoms with Crippen LogP contribution in [-0.4, -0.2) is 24.8 Å². The molecule has 0 aromatic heterocycles. The molecule has 0 bridgehead atoms. The van der Waals surface area contributed by atoms with Gasteiger partial charge < -0.3 is 14.8 Å². The number of carbonyl (C=O) groups is 2. The first-order valence-electron chi connectivity index (χ1n) is 3.80. The Morgan fingerprint density at radius 3 is 2.08 bits per heavy atom. The Kier molecular flexibility index (Phi) is 2.27. The van der Waals surface area contributed by atoms with Crippen LogP contribution in [0.25, 0.3) is 0 Å². The largest absolute Gasteiger partial charge is 0.419 e. The van der Waals surface area contributed by atoms with Crippen molar-refractivity contribution in [2.75, 3.05) is 7.05 Å². The summed E-state index contributed by atoms with van der Waals surface area (Å²) in [6, 6.07) is 0. The molecule has 13 heavy (non-hydrogen) atoms. The molecule has 0 aromatic rings. The summed E-state index contributed by atoms with van der Waals surface area (Å²) in [4.78, 5) is 22.4. The molecular weight excluding hydrogens is 174 g/mol. The molecule has 72 valence electrons. The summed E-state index contributed by atoms with van der Waals surface area (Å²) < 4.78 is 9.64. The van der Waals surface area contributed by atoms with Crippen molar-refractivity contribution in [1.82, 2.24) is 5.32 Å². The van der Waals surface area contributed by atoms with E-state index in [1.807, 2.05) is 0 Å². The number of nitrogens with one attached hydrogen (secondary N) is 1. The van der Waals surface area contributed by atoms with Crippen LogP contribution in [0.3, 0.4) is 0 Å². The van der Waals surface area contributed by atoms with E-state index < -0.39 is 17.7 Å². The van der Waals surface area contributed by atoms with Gasteiger partial charge in [0.1, 0.15) is 0 Å². The Hall–Kier alpha value is -1.52. The number of carbonyl (C=O) groups excluding carboxylic acids is 2. The van der Waals surface area contributed by atoms with Gasteiger partial charge in [-0.05, 0) is 0 Å². The van der Waals surface area contributed by atoms with Gasteiger partial charge in [0, 0.05) is 27.1 Å². The third kappa shape index (κ3) is 1.99. The molecule has 1 aliphatic heterocycles. The van der Waals surface area contributed by atoms with Gasteiger partial charge in [-0.2, -0.15) is 0 Å². The Labute approximate surface area is 75.7 Å². The molecule has 1 N–H and O–H groups in total. The van der Waals surface area contributed by atoms with E-state index >= 15 is 0 Å². The number of rotatable bonds is 1. The van der Waals surface area contributed by atoms with E-state index in [0.717, 1.165) is 0 Å². The van der Waals surface area contributed by atoms with Gasteiger partial charge in [0.2, 0.25) is 0 Å². The standard InChI is InChI=1S/C8H11NO4/c1-8(2)12-6(10)5(4-9-3)7(11)13-8/h4,9H,1-3H3. The molecule has 0 radical (unpaired) electrons. The smallest absolute Gasteiger partial charge is 0.350 e. The van der Waals surface area contributed by atoms with E-state index in [4.69, 9.17) is 9.47 Å². The Morgan fingerprint density at radius 1 is 1.23 bits per heavy atom. The van der Waals surface area contributed by atoms with Crippen LogP contribution in [0.5, 0.6) is 0 Å². The number of cyclic esters (lactones) is 2. The Balaban J connectivity index is 2.89. The van der Waals surface area contributed by atoms with Crippen molar-refractivity contribution < 1.29 is 19.1 Å². The highest BCUT2D eigenvalue weighted by atomic mass is 16.7. The first-order valence-corrected chi connectivity index (χ1v) is 3.80. The Bertz CT molecular complexity index is 258. The molecule has 0 atom stereocenters. The van der Waals surface area contributed by atoms with Crippen LogP contribution in [0, 0.1) is 0 Å². The number of esters is 2. The molecule has 5 heteroatoms. The summed E-state index contributed by atoms with van der Waals surface area (Å²) in [7, 11) is 1.58. The monoisotopic (exact) mass is 185 g/mol. The molecule has 0 aromatic carbocycles. The number of ether oxygens (including phenoxy) is 2. The summed E-state index contributed by atoms with van der Waals surface area (Å²) >= 11 is 0. The van der Waals surface area contributed by atoms with Gasteiger partial charge in [0.25, 0.3) is 5.79 Å². The van der Waals surface area contributed by atoms with Gasteiger partial charge >= 0.3 is 11.9 Å². The van der Waals surface area contributed by atoms with Crippen LogP contribution < -0.4 is 5.32 Å². The van der Waals surface area contributed by atoms with E-state index in [0.29, 0.717) is 0 Å². The lowest BCUT2D eigenvalue weighted by molar-refractivity contribution is -0.222. The summed E-state index contributed by atoms with van der Waals surface area (Å²) in [6.45, 7) is 3.00. The first-order chi connectivity index (χ1) is 5.96. The fourth-order valence-corrected chi connectivity index (χ4v) is 0.923. The van der Waals surface area contributed by atoms with Crippen LogP contribution in [0.2, 0.25) is 0 Å². The van der Waals surface area contributed by atoms with E-state index in [1.165, 1.54) is 20.0 Å². The zero-order valence-electron chi connectivity index (χ0n) is 7.71. The van der Waals surface area contributed by atoms with Crippen LogP contribution in [0.1, 0.15) is 13.8 Å². The Morgan fingerprint density at radius 2 is 1.69 bits per heavy atom. The third-order valence-corrected chi connectivity index (χ3v) is 1.41. The number of hydrogen-bond donors (Lipinski definition) is 1. The highest BCUT2D eigenvalue weighted by Crippen LogP contribution is 2.21. The summed E-state index contributed by atoms with van der Waals surface area (Å²) in [5.41, 5.74) is -0.123. The third-order valence-electron chi connectivity index (χ3n) is 1.41. The van der Waals surface area contributed by atoms with Crippen molar-refractivity contribution in [1.29, 1.82) is 0 Å². The van der Waals surface area contributed by atoms with Crippen molar-refractivity contribution in [3.05, 3.63) is 11.8 Å². The van der Waals surface area contributed by atoms with E-state index in [2.05, 4.69) is 5.32 Å². The summed E-state index contributed by atoms with van der Waals surface area (Å²) in [6.07, 6.45) is 1.25. The SMILES string of the molecule is CNC=C1C(=O)OC(C)(C)OC1=O. The number of hydrogen-bond acceptors (Lipinski definition) is 5. The van der Waals surface area contributed by atoms with Gasteiger partial charge in [-0.25, -0.2) is 9.59 Å². The molecule has 1 rings (SSSR count). The van der Waals surface area contributed by atoms with Crippen molar-refractivity contribution in [2.24, 2.45) is 0 Å². The van der Waals surface area contributed by atoms with Gasteiger partial charge in [-0.1, -0.05) is 0 Å². The zero-order valence-corrected chi connectivity index (χ0v) is 7.71. The van der Waals surface area contributed by atoms with E-state index in [9.17, 15) is 9.59 Å². The highest BCUT2D eigenvalue weighted by Gasteiger charge is 2.38. The molecule has 1 aliphatic rings. The van der Waals surface area contributed by atoms with Crippen LogP contribution in [-0.2, 0) is 19.1 Å². The highest BCUT2D eigenvalue weighted by molar-refractivity contribution is 6.15. The maximum Gasteiger partial charge on any atom is 0.350 e. The molecule has 0 unspecified atom stereocenters. The zero-order chi connectivity index (χ0) is 10.1. The molecule has 0 amide bonds. The van der Waals surface area contributed by atoms with Crippen LogP contribution in [0.4, 0.5) is 0 Å². The van der Waals surface area contributed by atoms with Gasteiger partial charge in [0.15, 0.2) is 5.57 Å². The maximum absolute atomic E-state index is 11.2. The fourth-order valence-electron chi connectivity index (χ4n) is 0.923. The average molecular weight is 185 g/mol. The molecule has 0 spiro atoms. The normalized spacial score (nSPS) is 20.4. The minimum Gasteiger partial charge on any atom is -0.419 e. The predicted molar refractivity (Wildman–Crippen MR) is 43.4 cm³/mol. The first kappa shape index (κ1) is 9.57. The van der Waals surface area contributed by atoms with Gasteiger partial charge in [-0.15, -0.1) is 0 Å². The van der Waals surface area contributed by atoms with Crippen molar-refractivity contribution in [2.45, 2.75) is 19.6 Å². The van der Waals surface area contributed by atoms with Gasteiger partial charge in [0.05, 0.1) is 0 Å². The molecule has 0 aliphatic carbocycles. The molecule has 1 heterocycles. The molecular formula is C8H11NO4. The predicted octanol–water partition coefficient (Wildman–Crippen LogP) is -0.0742. The summed E-state index contributed by atoms with van der Waals surface area (Å²) in [5.74, 6) is -2.51. The molecule has 5 nitrogen and oxygen atoms in total.